The largest absolute Gasteiger partial charge is 0.460 e. The second kappa shape index (κ2) is 20.3. The molecule has 43 heavy (non-hydrogen) atoms. The highest BCUT2D eigenvalue weighted by molar-refractivity contribution is 5.93. The summed E-state index contributed by atoms with van der Waals surface area (Å²) >= 11 is 0. The van der Waals surface area contributed by atoms with Gasteiger partial charge in [0.2, 0.25) is 23.6 Å². The third-order valence-electron chi connectivity index (χ3n) is 8.32. The summed E-state index contributed by atoms with van der Waals surface area (Å²) in [7, 11) is 1.43. The minimum atomic E-state index is -2.05. The molecule has 1 aliphatic rings. The lowest BCUT2D eigenvalue weighted by Gasteiger charge is -2.31. The molecule has 11 nitrogen and oxygen atoms in total. The average molecular weight is 611 g/mol. The highest BCUT2D eigenvalue weighted by atomic mass is 16.5. The monoisotopic (exact) mass is 610 g/mol. The molecule has 1 heterocycles. The Morgan fingerprint density at radius 3 is 2.00 bits per heavy atom. The molecule has 1 saturated heterocycles. The van der Waals surface area contributed by atoms with Gasteiger partial charge in [0.05, 0.1) is 12.5 Å². The number of hydrogen-bond donors (Lipinski definition) is 4. The average Bonchev–Trinajstić information content (AvgIpc) is 2.94. The first-order valence-electron chi connectivity index (χ1n) is 16.3. The van der Waals surface area contributed by atoms with Crippen LogP contribution in [0.3, 0.4) is 0 Å². The van der Waals surface area contributed by atoms with E-state index < -0.39 is 48.5 Å². The Kier molecular flexibility index (Phi) is 18.1. The number of nitrogens with one attached hydrogen (secondary N) is 2. The number of unbranched alkanes of at least 4 members (excludes halogenated alkanes) is 8. The van der Waals surface area contributed by atoms with E-state index >= 15 is 0 Å². The highest BCUT2D eigenvalue weighted by Crippen LogP contribution is 2.25. The number of ether oxygens (including phenoxy) is 1. The van der Waals surface area contributed by atoms with Gasteiger partial charge < -0.3 is 31.1 Å². The normalized spacial score (nSPS) is 24.4. The van der Waals surface area contributed by atoms with Crippen molar-refractivity contribution < 1.29 is 33.8 Å². The quantitative estimate of drug-likeness (QED) is 0.163. The number of rotatable bonds is 15. The first-order chi connectivity index (χ1) is 20.2. The predicted molar refractivity (Wildman–Crippen MR) is 165 cm³/mol. The first-order valence-corrected chi connectivity index (χ1v) is 16.3. The fraction of sp³-hybridized carbons (Fsp3) is 0.844. The van der Waals surface area contributed by atoms with Crippen molar-refractivity contribution in [2.45, 2.75) is 142 Å². The zero-order chi connectivity index (χ0) is 32.5. The topological polar surface area (TPSA) is 168 Å². The molecule has 6 atom stereocenters. The van der Waals surface area contributed by atoms with Crippen LogP contribution in [0.25, 0.3) is 0 Å². The highest BCUT2D eigenvalue weighted by Gasteiger charge is 2.39. The molecule has 11 heteroatoms. The Balaban J connectivity index is 2.88. The van der Waals surface area contributed by atoms with Crippen LogP contribution in [0.2, 0.25) is 0 Å². The number of carbonyl (C=O) groups is 5. The van der Waals surface area contributed by atoms with Gasteiger partial charge in [0.15, 0.2) is 12.1 Å². The molecule has 1 rings (SSSR count). The summed E-state index contributed by atoms with van der Waals surface area (Å²) in [4.78, 5) is 64.6. The standard InChI is InChI=1S/C32H58N4O7/c1-21(2)16-14-12-10-8-7-9-11-13-15-17-22(3)29-24(5)31(41)34-23(4)18-19-26(38)36(6)20-25(37)35-27(32(42)43-29)28(39)30(33)40/h21-24,27-29,39H,7-20H2,1-6H3,(H2,33,40)(H,34,41)(H,35,37)/t22-,23?,24+,27-,28-,29+/m1/s1. The third kappa shape index (κ3) is 15.0. The summed E-state index contributed by atoms with van der Waals surface area (Å²) in [5, 5.41) is 15.6. The van der Waals surface area contributed by atoms with Crippen molar-refractivity contribution in [1.29, 1.82) is 0 Å². The number of nitrogens with two attached hydrogens (primary N) is 1. The Morgan fingerprint density at radius 1 is 0.930 bits per heavy atom. The number of nitrogens with zero attached hydrogens (tertiary/aromatic N) is 1. The van der Waals surface area contributed by atoms with Crippen molar-refractivity contribution in [2.24, 2.45) is 23.5 Å². The minimum absolute atomic E-state index is 0.0976. The zero-order valence-electron chi connectivity index (χ0n) is 27.4. The smallest absolute Gasteiger partial charge is 0.332 e. The van der Waals surface area contributed by atoms with Crippen LogP contribution in [0.4, 0.5) is 0 Å². The van der Waals surface area contributed by atoms with Crippen molar-refractivity contribution in [2.75, 3.05) is 13.6 Å². The van der Waals surface area contributed by atoms with E-state index in [1.807, 2.05) is 6.92 Å². The van der Waals surface area contributed by atoms with Crippen molar-refractivity contribution in [3.8, 4) is 0 Å². The molecule has 1 unspecified atom stereocenters. The number of likely N-dealkylation sites (N-methyl/N-ethyl adjacent to an activating group) is 1. The van der Waals surface area contributed by atoms with E-state index in [1.165, 1.54) is 56.9 Å². The van der Waals surface area contributed by atoms with Gasteiger partial charge in [-0.2, -0.15) is 0 Å². The van der Waals surface area contributed by atoms with Crippen LogP contribution in [0.5, 0.6) is 0 Å². The first kappa shape index (κ1) is 38.3. The van der Waals surface area contributed by atoms with E-state index in [4.69, 9.17) is 10.5 Å². The third-order valence-corrected chi connectivity index (χ3v) is 8.32. The molecule has 0 saturated carbocycles. The number of esters is 1. The van der Waals surface area contributed by atoms with Crippen molar-refractivity contribution in [1.82, 2.24) is 15.5 Å². The fourth-order valence-corrected chi connectivity index (χ4v) is 5.42. The molecule has 4 amide bonds. The minimum Gasteiger partial charge on any atom is -0.460 e. The van der Waals surface area contributed by atoms with E-state index in [1.54, 1.807) is 13.8 Å². The van der Waals surface area contributed by atoms with Gasteiger partial charge in [0.25, 0.3) is 0 Å². The number of cyclic esters (lactones) is 1. The molecule has 248 valence electrons. The van der Waals surface area contributed by atoms with E-state index in [2.05, 4.69) is 24.5 Å². The molecule has 0 aromatic heterocycles. The van der Waals surface area contributed by atoms with Gasteiger partial charge in [-0.05, 0) is 31.6 Å². The summed E-state index contributed by atoms with van der Waals surface area (Å²) in [6.07, 6.45) is 10.1. The van der Waals surface area contributed by atoms with Gasteiger partial charge in [0.1, 0.15) is 6.10 Å². The van der Waals surface area contributed by atoms with Gasteiger partial charge in [-0.25, -0.2) is 4.79 Å². The SMILES string of the molecule is CC(C)CCCCCCCCCCC[C@@H](C)[C@@H]1OC(=O)[C@@H]([C@@H](O)C(N)=O)NC(=O)CN(C)C(=O)CCC(C)NC(=O)[C@H]1C. The van der Waals surface area contributed by atoms with Crippen molar-refractivity contribution in [3.05, 3.63) is 0 Å². The summed E-state index contributed by atoms with van der Waals surface area (Å²) in [6, 6.07) is -2.11. The van der Waals surface area contributed by atoms with Crippen LogP contribution in [0, 0.1) is 17.8 Å². The summed E-state index contributed by atoms with van der Waals surface area (Å²) < 4.78 is 5.78. The van der Waals surface area contributed by atoms with Gasteiger partial charge >= 0.3 is 5.97 Å². The number of aliphatic hydroxyl groups excluding tert-OH is 1. The Labute approximate surface area is 258 Å². The van der Waals surface area contributed by atoms with Crippen LogP contribution in [0.15, 0.2) is 0 Å². The van der Waals surface area contributed by atoms with Crippen LogP contribution >= 0.6 is 0 Å². The van der Waals surface area contributed by atoms with E-state index in [0.717, 1.165) is 25.2 Å². The summed E-state index contributed by atoms with van der Waals surface area (Å²) in [6.45, 7) is 9.48. The zero-order valence-corrected chi connectivity index (χ0v) is 27.4. The molecule has 0 radical (unpaired) electrons. The van der Waals surface area contributed by atoms with Gasteiger partial charge in [0, 0.05) is 19.5 Å². The number of primary amides is 1. The Morgan fingerprint density at radius 2 is 1.47 bits per heavy atom. The molecule has 0 aliphatic carbocycles. The molecular weight excluding hydrogens is 552 g/mol. The summed E-state index contributed by atoms with van der Waals surface area (Å²) in [5.74, 6) is -3.92. The maximum absolute atomic E-state index is 13.3. The molecule has 1 fully saturated rings. The lowest BCUT2D eigenvalue weighted by Crippen LogP contribution is -2.57. The van der Waals surface area contributed by atoms with Gasteiger partial charge in [-0.1, -0.05) is 91.9 Å². The predicted octanol–water partition coefficient (Wildman–Crippen LogP) is 3.21. The number of carbonyl (C=O) groups excluding carboxylic acids is 5. The summed E-state index contributed by atoms with van der Waals surface area (Å²) in [5.41, 5.74) is 5.25. The van der Waals surface area contributed by atoms with Crippen LogP contribution < -0.4 is 16.4 Å². The molecule has 0 aromatic carbocycles. The van der Waals surface area contributed by atoms with Gasteiger partial charge in [-0.3, -0.25) is 19.2 Å². The Bertz CT molecular complexity index is 897. The molecular formula is C32H58N4O7. The molecule has 5 N–H and O–H groups in total. The van der Waals surface area contributed by atoms with Gasteiger partial charge in [-0.15, -0.1) is 0 Å². The molecule has 1 aliphatic heterocycles. The van der Waals surface area contributed by atoms with E-state index in [-0.39, 0.29) is 30.2 Å². The Hall–Kier alpha value is -2.69. The van der Waals surface area contributed by atoms with Crippen LogP contribution in [-0.4, -0.2) is 77.5 Å². The molecule has 0 bridgehead atoms. The lowest BCUT2D eigenvalue weighted by molar-refractivity contribution is -0.165. The number of aliphatic hydroxyl groups is 1. The maximum Gasteiger partial charge on any atom is 0.332 e. The lowest BCUT2D eigenvalue weighted by atomic mass is 9.88. The van der Waals surface area contributed by atoms with Crippen molar-refractivity contribution in [3.63, 3.8) is 0 Å². The van der Waals surface area contributed by atoms with Crippen molar-refractivity contribution >= 4 is 29.6 Å². The van der Waals surface area contributed by atoms with Crippen LogP contribution in [0.1, 0.15) is 118 Å². The van der Waals surface area contributed by atoms with Crippen LogP contribution in [-0.2, 0) is 28.7 Å². The maximum atomic E-state index is 13.3. The second-order valence-corrected chi connectivity index (χ2v) is 12.9. The number of hydrogen-bond acceptors (Lipinski definition) is 7. The van der Waals surface area contributed by atoms with E-state index in [0.29, 0.717) is 12.8 Å². The molecule has 0 aromatic rings. The van der Waals surface area contributed by atoms with E-state index in [9.17, 15) is 29.1 Å². The number of amides is 4. The fourth-order valence-electron chi connectivity index (χ4n) is 5.42. The molecule has 0 spiro atoms. The second-order valence-electron chi connectivity index (χ2n) is 12.9.